The van der Waals surface area contributed by atoms with Crippen LogP contribution in [0.2, 0.25) is 0 Å². The summed E-state index contributed by atoms with van der Waals surface area (Å²) < 4.78 is 1.28. The fourth-order valence-corrected chi connectivity index (χ4v) is 4.28. The van der Waals surface area contributed by atoms with Crippen LogP contribution in [0.1, 0.15) is 26.2 Å². The zero-order valence-corrected chi connectivity index (χ0v) is 12.2. The Labute approximate surface area is 118 Å². The van der Waals surface area contributed by atoms with Crippen molar-refractivity contribution in [2.45, 2.75) is 32.2 Å². The minimum Gasteiger partial charge on any atom is -0.345 e. The zero-order chi connectivity index (χ0) is 13.2. The molecule has 0 radical (unpaired) electrons. The van der Waals surface area contributed by atoms with Crippen LogP contribution in [0.5, 0.6) is 0 Å². The molecule has 2 unspecified atom stereocenters. The maximum absolute atomic E-state index is 5.93. The molecule has 2 N–H and O–H groups in total. The molecule has 1 fully saturated rings. The van der Waals surface area contributed by atoms with Gasteiger partial charge in [-0.25, -0.2) is 4.98 Å². The first-order chi connectivity index (χ1) is 9.33. The Hall–Kier alpha value is -1.13. The van der Waals surface area contributed by atoms with Crippen LogP contribution in [-0.4, -0.2) is 24.1 Å². The van der Waals surface area contributed by atoms with Gasteiger partial charge in [0.15, 0.2) is 5.13 Å². The van der Waals surface area contributed by atoms with E-state index in [9.17, 15) is 0 Å². The van der Waals surface area contributed by atoms with Gasteiger partial charge >= 0.3 is 0 Å². The zero-order valence-electron chi connectivity index (χ0n) is 11.4. The molecule has 2 aromatic rings. The molecule has 1 aromatic heterocycles. The Kier molecular flexibility index (Phi) is 3.71. The minimum absolute atomic E-state index is 0.579. The van der Waals surface area contributed by atoms with Gasteiger partial charge in [0, 0.05) is 12.6 Å². The van der Waals surface area contributed by atoms with Gasteiger partial charge in [-0.15, -0.1) is 0 Å². The molecule has 1 heterocycles. The van der Waals surface area contributed by atoms with E-state index in [-0.39, 0.29) is 0 Å². The number of anilines is 1. The van der Waals surface area contributed by atoms with Crippen LogP contribution in [0.15, 0.2) is 24.3 Å². The predicted octanol–water partition coefficient (Wildman–Crippen LogP) is 3.25. The fourth-order valence-electron chi connectivity index (χ4n) is 3.20. The van der Waals surface area contributed by atoms with Gasteiger partial charge in [0.05, 0.1) is 10.2 Å². The second-order valence-corrected chi connectivity index (χ2v) is 6.25. The van der Waals surface area contributed by atoms with Crippen molar-refractivity contribution in [2.24, 2.45) is 11.7 Å². The first-order valence-electron chi connectivity index (χ1n) is 7.15. The SMILES string of the molecule is CCN(c1nc2ccccc2s1)C1CCCC1CN. The molecule has 19 heavy (non-hydrogen) atoms. The Morgan fingerprint density at radius 2 is 2.21 bits per heavy atom. The van der Waals surface area contributed by atoms with Crippen LogP contribution in [0.25, 0.3) is 10.2 Å². The van der Waals surface area contributed by atoms with Crippen LogP contribution in [-0.2, 0) is 0 Å². The van der Waals surface area contributed by atoms with Gasteiger partial charge in [0.2, 0.25) is 0 Å². The van der Waals surface area contributed by atoms with E-state index in [1.165, 1.54) is 24.0 Å². The number of hydrogen-bond donors (Lipinski definition) is 1. The number of nitrogens with two attached hydrogens (primary N) is 1. The summed E-state index contributed by atoms with van der Waals surface area (Å²) in [5, 5.41) is 1.16. The first kappa shape index (κ1) is 12.9. The van der Waals surface area contributed by atoms with E-state index in [1.807, 2.05) is 0 Å². The van der Waals surface area contributed by atoms with Crippen LogP contribution >= 0.6 is 11.3 Å². The molecule has 102 valence electrons. The summed E-state index contributed by atoms with van der Waals surface area (Å²) in [4.78, 5) is 7.27. The van der Waals surface area contributed by atoms with Crippen molar-refractivity contribution in [2.75, 3.05) is 18.0 Å². The number of benzene rings is 1. The molecule has 1 aliphatic carbocycles. The van der Waals surface area contributed by atoms with Crippen molar-refractivity contribution in [1.29, 1.82) is 0 Å². The standard InChI is InChI=1S/C15H21N3S/c1-2-18(13-8-5-6-11(13)10-16)15-17-12-7-3-4-9-14(12)19-15/h3-4,7,9,11,13H,2,5-6,8,10,16H2,1H3. The van der Waals surface area contributed by atoms with Crippen molar-refractivity contribution in [3.05, 3.63) is 24.3 Å². The number of hydrogen-bond acceptors (Lipinski definition) is 4. The highest BCUT2D eigenvalue weighted by atomic mass is 32.1. The lowest BCUT2D eigenvalue weighted by atomic mass is 10.0. The average Bonchev–Trinajstić information content (AvgIpc) is 3.05. The molecule has 0 spiro atoms. The van der Waals surface area contributed by atoms with Gasteiger partial charge in [0.1, 0.15) is 0 Å². The molecule has 0 aliphatic heterocycles. The van der Waals surface area contributed by atoms with Crippen LogP contribution in [0, 0.1) is 5.92 Å². The summed E-state index contributed by atoms with van der Waals surface area (Å²) in [5.74, 6) is 0.631. The Morgan fingerprint density at radius 1 is 1.37 bits per heavy atom. The molecule has 0 bridgehead atoms. The number of thiazole rings is 1. The molecule has 0 saturated heterocycles. The monoisotopic (exact) mass is 275 g/mol. The normalized spacial score (nSPS) is 23.1. The average molecular weight is 275 g/mol. The van der Waals surface area contributed by atoms with Gasteiger partial charge in [-0.2, -0.15) is 0 Å². The third-order valence-electron chi connectivity index (χ3n) is 4.19. The maximum atomic E-state index is 5.93. The van der Waals surface area contributed by atoms with E-state index in [0.717, 1.165) is 23.7 Å². The molecular weight excluding hydrogens is 254 g/mol. The molecule has 4 heteroatoms. The number of nitrogens with zero attached hydrogens (tertiary/aromatic N) is 2. The highest BCUT2D eigenvalue weighted by Crippen LogP contribution is 2.36. The predicted molar refractivity (Wildman–Crippen MR) is 82.8 cm³/mol. The van der Waals surface area contributed by atoms with Gasteiger partial charge in [0.25, 0.3) is 0 Å². The Bertz CT molecular complexity index is 518. The van der Waals surface area contributed by atoms with Crippen LogP contribution in [0.3, 0.4) is 0 Å². The highest BCUT2D eigenvalue weighted by molar-refractivity contribution is 7.22. The van der Waals surface area contributed by atoms with Gasteiger partial charge in [-0.3, -0.25) is 0 Å². The summed E-state index contributed by atoms with van der Waals surface area (Å²) in [7, 11) is 0. The fraction of sp³-hybridized carbons (Fsp3) is 0.533. The lowest BCUT2D eigenvalue weighted by Crippen LogP contribution is -2.40. The Morgan fingerprint density at radius 3 is 2.95 bits per heavy atom. The smallest absolute Gasteiger partial charge is 0.186 e. The van der Waals surface area contributed by atoms with E-state index in [0.29, 0.717) is 12.0 Å². The molecule has 3 rings (SSSR count). The molecule has 1 aromatic carbocycles. The number of fused-ring (bicyclic) bond motifs is 1. The van der Waals surface area contributed by atoms with Gasteiger partial charge in [-0.1, -0.05) is 29.9 Å². The summed E-state index contributed by atoms with van der Waals surface area (Å²) in [5.41, 5.74) is 7.04. The van der Waals surface area contributed by atoms with Crippen molar-refractivity contribution >= 4 is 26.7 Å². The van der Waals surface area contributed by atoms with E-state index < -0.39 is 0 Å². The van der Waals surface area contributed by atoms with E-state index in [4.69, 9.17) is 10.7 Å². The van der Waals surface area contributed by atoms with Crippen molar-refractivity contribution < 1.29 is 0 Å². The molecule has 3 nitrogen and oxygen atoms in total. The molecule has 0 amide bonds. The first-order valence-corrected chi connectivity index (χ1v) is 7.97. The third-order valence-corrected chi connectivity index (χ3v) is 5.26. The van der Waals surface area contributed by atoms with Crippen molar-refractivity contribution in [3.63, 3.8) is 0 Å². The van der Waals surface area contributed by atoms with Crippen molar-refractivity contribution in [1.82, 2.24) is 4.98 Å². The topological polar surface area (TPSA) is 42.2 Å². The summed E-state index contributed by atoms with van der Waals surface area (Å²) in [6.45, 7) is 4.03. The van der Waals surface area contributed by atoms with Gasteiger partial charge in [-0.05, 0) is 44.4 Å². The quantitative estimate of drug-likeness (QED) is 0.931. The molecular formula is C15H21N3S. The molecule has 1 aliphatic rings. The highest BCUT2D eigenvalue weighted by Gasteiger charge is 2.31. The minimum atomic E-state index is 0.579. The second-order valence-electron chi connectivity index (χ2n) is 5.24. The van der Waals surface area contributed by atoms with Crippen LogP contribution < -0.4 is 10.6 Å². The third kappa shape index (κ3) is 2.35. The molecule has 1 saturated carbocycles. The summed E-state index contributed by atoms with van der Waals surface area (Å²) in [6, 6.07) is 8.96. The summed E-state index contributed by atoms with van der Waals surface area (Å²) in [6.07, 6.45) is 3.82. The van der Waals surface area contributed by atoms with Gasteiger partial charge < -0.3 is 10.6 Å². The second kappa shape index (κ2) is 5.47. The van der Waals surface area contributed by atoms with Crippen LogP contribution in [0.4, 0.5) is 5.13 Å². The number of rotatable bonds is 4. The number of aromatic nitrogens is 1. The Balaban J connectivity index is 1.93. The number of para-hydroxylation sites is 1. The largest absolute Gasteiger partial charge is 0.345 e. The lowest BCUT2D eigenvalue weighted by Gasteiger charge is -2.31. The van der Waals surface area contributed by atoms with E-state index in [1.54, 1.807) is 11.3 Å². The maximum Gasteiger partial charge on any atom is 0.186 e. The van der Waals surface area contributed by atoms with E-state index in [2.05, 4.69) is 36.1 Å². The van der Waals surface area contributed by atoms with E-state index >= 15 is 0 Å². The molecule has 2 atom stereocenters. The summed E-state index contributed by atoms with van der Waals surface area (Å²) >= 11 is 1.80. The van der Waals surface area contributed by atoms with Crippen molar-refractivity contribution in [3.8, 4) is 0 Å². The lowest BCUT2D eigenvalue weighted by molar-refractivity contribution is 0.461.